The monoisotopic (exact) mass is 332 g/mol. The van der Waals surface area contributed by atoms with Crippen molar-refractivity contribution in [2.45, 2.75) is 32.7 Å². The van der Waals surface area contributed by atoms with Gasteiger partial charge in [-0.3, -0.25) is 0 Å². The van der Waals surface area contributed by atoms with Crippen LogP contribution in [0.5, 0.6) is 0 Å². The van der Waals surface area contributed by atoms with E-state index in [1.54, 1.807) is 6.07 Å². The molecule has 0 saturated heterocycles. The van der Waals surface area contributed by atoms with E-state index in [1.165, 1.54) is 0 Å². The minimum absolute atomic E-state index is 0.192. The maximum atomic E-state index is 9.27. The van der Waals surface area contributed by atoms with Crippen LogP contribution in [0.3, 0.4) is 0 Å². The van der Waals surface area contributed by atoms with E-state index in [2.05, 4.69) is 24.5 Å². The Bertz CT molecular complexity index is 413. The van der Waals surface area contributed by atoms with Crippen LogP contribution in [0.2, 0.25) is 10.0 Å². The fraction of sp³-hybridized carbons (Fsp3) is 0.625. The second-order valence-electron chi connectivity index (χ2n) is 5.70. The normalized spacial score (nSPS) is 12.9. The van der Waals surface area contributed by atoms with E-state index < -0.39 is 0 Å². The summed E-state index contributed by atoms with van der Waals surface area (Å²) in [6.07, 6.45) is 1.88. The van der Waals surface area contributed by atoms with Crippen LogP contribution in [0.1, 0.15) is 25.8 Å². The van der Waals surface area contributed by atoms with Gasteiger partial charge in [0.2, 0.25) is 0 Å². The van der Waals surface area contributed by atoms with Crippen LogP contribution in [0.4, 0.5) is 0 Å². The minimum Gasteiger partial charge on any atom is -0.395 e. The molecule has 0 heterocycles. The van der Waals surface area contributed by atoms with E-state index in [0.717, 1.165) is 43.1 Å². The van der Waals surface area contributed by atoms with Gasteiger partial charge in [-0.2, -0.15) is 0 Å². The molecule has 1 atom stereocenters. The summed E-state index contributed by atoms with van der Waals surface area (Å²) >= 11 is 12.0. The van der Waals surface area contributed by atoms with Crippen LogP contribution in [0.25, 0.3) is 0 Å². The molecule has 3 N–H and O–H groups in total. The summed E-state index contributed by atoms with van der Waals surface area (Å²) < 4.78 is 0. The minimum atomic E-state index is 0.192. The molecule has 0 spiro atoms. The number of aliphatic hydroxyl groups is 1. The third-order valence-electron chi connectivity index (χ3n) is 3.30. The van der Waals surface area contributed by atoms with Gasteiger partial charge in [0.25, 0.3) is 0 Å². The van der Waals surface area contributed by atoms with Gasteiger partial charge in [-0.25, -0.2) is 0 Å². The summed E-state index contributed by atoms with van der Waals surface area (Å²) in [5.41, 5.74) is 1.11. The number of rotatable bonds is 10. The third-order valence-corrected chi connectivity index (χ3v) is 3.88. The summed E-state index contributed by atoms with van der Waals surface area (Å²) in [4.78, 5) is 0. The predicted octanol–water partition coefficient (Wildman–Crippen LogP) is 3.12. The Balaban J connectivity index is 2.14. The highest BCUT2D eigenvalue weighted by molar-refractivity contribution is 6.35. The zero-order valence-electron chi connectivity index (χ0n) is 12.8. The zero-order chi connectivity index (χ0) is 15.7. The second kappa shape index (κ2) is 10.4. The van der Waals surface area contributed by atoms with Gasteiger partial charge in [0.1, 0.15) is 0 Å². The zero-order valence-corrected chi connectivity index (χ0v) is 14.3. The number of hydrogen-bond acceptors (Lipinski definition) is 3. The average molecular weight is 333 g/mol. The first kappa shape index (κ1) is 18.7. The molecule has 0 aliphatic rings. The molecule has 0 aromatic heterocycles. The Morgan fingerprint density at radius 1 is 1.14 bits per heavy atom. The van der Waals surface area contributed by atoms with Crippen molar-refractivity contribution in [3.8, 4) is 0 Å². The highest BCUT2D eigenvalue weighted by atomic mass is 35.5. The molecule has 0 aliphatic heterocycles. The van der Waals surface area contributed by atoms with Gasteiger partial charge >= 0.3 is 0 Å². The summed E-state index contributed by atoms with van der Waals surface area (Å²) in [5.74, 6) is 0.592. The molecule has 21 heavy (non-hydrogen) atoms. The van der Waals surface area contributed by atoms with E-state index in [4.69, 9.17) is 23.2 Å². The Kier molecular flexibility index (Phi) is 9.29. The van der Waals surface area contributed by atoms with Crippen molar-refractivity contribution in [3.05, 3.63) is 33.8 Å². The van der Waals surface area contributed by atoms with Crippen molar-refractivity contribution in [1.82, 2.24) is 10.6 Å². The molecule has 0 fully saturated rings. The SMILES string of the molecule is CC(C)C[C@@H](CO)NCCNCCc1ccc(Cl)cc1Cl. The van der Waals surface area contributed by atoms with Crippen LogP contribution >= 0.6 is 23.2 Å². The van der Waals surface area contributed by atoms with Crippen molar-refractivity contribution in [2.24, 2.45) is 5.92 Å². The standard InChI is InChI=1S/C16H26Cl2N2O/c1-12(2)9-15(11-21)20-8-7-19-6-5-13-3-4-14(17)10-16(13)18/h3-4,10,12,15,19-21H,5-9,11H2,1-2H3/t15-/m0/s1. The summed E-state index contributed by atoms with van der Waals surface area (Å²) in [6.45, 7) is 7.12. The smallest absolute Gasteiger partial charge is 0.0584 e. The second-order valence-corrected chi connectivity index (χ2v) is 6.54. The molecule has 1 aromatic rings. The van der Waals surface area contributed by atoms with Gasteiger partial charge in [-0.05, 0) is 43.0 Å². The van der Waals surface area contributed by atoms with Gasteiger partial charge in [-0.1, -0.05) is 43.1 Å². The molecule has 1 rings (SSSR count). The van der Waals surface area contributed by atoms with Crippen LogP contribution in [-0.4, -0.2) is 37.4 Å². The Morgan fingerprint density at radius 3 is 2.52 bits per heavy atom. The number of aliphatic hydroxyl groups excluding tert-OH is 1. The lowest BCUT2D eigenvalue weighted by molar-refractivity contribution is 0.225. The molecule has 0 saturated carbocycles. The first-order valence-corrected chi connectivity index (χ1v) is 8.27. The number of benzene rings is 1. The average Bonchev–Trinajstić information content (AvgIpc) is 2.42. The van der Waals surface area contributed by atoms with Gasteiger partial charge in [-0.15, -0.1) is 0 Å². The summed E-state index contributed by atoms with van der Waals surface area (Å²) in [7, 11) is 0. The summed E-state index contributed by atoms with van der Waals surface area (Å²) in [5, 5.41) is 17.4. The highest BCUT2D eigenvalue weighted by Gasteiger charge is 2.08. The lowest BCUT2D eigenvalue weighted by Crippen LogP contribution is -2.38. The van der Waals surface area contributed by atoms with Crippen LogP contribution in [-0.2, 0) is 6.42 Å². The third kappa shape index (κ3) is 8.03. The van der Waals surface area contributed by atoms with E-state index in [9.17, 15) is 5.11 Å². The van der Waals surface area contributed by atoms with Crippen molar-refractivity contribution < 1.29 is 5.11 Å². The van der Waals surface area contributed by atoms with Crippen molar-refractivity contribution in [2.75, 3.05) is 26.2 Å². The highest BCUT2D eigenvalue weighted by Crippen LogP contribution is 2.20. The van der Waals surface area contributed by atoms with Crippen molar-refractivity contribution in [3.63, 3.8) is 0 Å². The Hall–Kier alpha value is -0.320. The van der Waals surface area contributed by atoms with Crippen molar-refractivity contribution in [1.29, 1.82) is 0 Å². The topological polar surface area (TPSA) is 44.3 Å². The maximum Gasteiger partial charge on any atom is 0.0584 e. The van der Waals surface area contributed by atoms with Crippen LogP contribution in [0, 0.1) is 5.92 Å². The number of hydrogen-bond donors (Lipinski definition) is 3. The Labute approximate surface area is 138 Å². The quantitative estimate of drug-likeness (QED) is 0.577. The number of halogens is 2. The van der Waals surface area contributed by atoms with Crippen LogP contribution < -0.4 is 10.6 Å². The molecule has 0 radical (unpaired) electrons. The van der Waals surface area contributed by atoms with Gasteiger partial charge in [0, 0.05) is 29.2 Å². The van der Waals surface area contributed by atoms with Crippen molar-refractivity contribution >= 4 is 23.2 Å². The van der Waals surface area contributed by atoms with E-state index in [-0.39, 0.29) is 12.6 Å². The van der Waals surface area contributed by atoms with E-state index >= 15 is 0 Å². The summed E-state index contributed by atoms with van der Waals surface area (Å²) in [6, 6.07) is 5.80. The lowest BCUT2D eigenvalue weighted by Gasteiger charge is -2.18. The largest absolute Gasteiger partial charge is 0.395 e. The molecular formula is C16H26Cl2N2O. The van der Waals surface area contributed by atoms with Crippen LogP contribution in [0.15, 0.2) is 18.2 Å². The molecule has 5 heteroatoms. The van der Waals surface area contributed by atoms with Gasteiger partial charge < -0.3 is 15.7 Å². The molecule has 3 nitrogen and oxygen atoms in total. The Morgan fingerprint density at radius 2 is 1.90 bits per heavy atom. The first-order chi connectivity index (χ1) is 10.0. The van der Waals surface area contributed by atoms with Gasteiger partial charge in [0.05, 0.1) is 6.61 Å². The molecule has 1 aromatic carbocycles. The maximum absolute atomic E-state index is 9.27. The van der Waals surface area contributed by atoms with Gasteiger partial charge in [0.15, 0.2) is 0 Å². The molecular weight excluding hydrogens is 307 g/mol. The predicted molar refractivity (Wildman–Crippen MR) is 91.4 cm³/mol. The molecule has 0 aliphatic carbocycles. The fourth-order valence-electron chi connectivity index (χ4n) is 2.23. The molecule has 0 unspecified atom stereocenters. The van der Waals surface area contributed by atoms with E-state index in [0.29, 0.717) is 10.9 Å². The molecule has 120 valence electrons. The molecule has 0 bridgehead atoms. The number of nitrogens with one attached hydrogen (secondary N) is 2. The molecule has 0 amide bonds. The first-order valence-electron chi connectivity index (χ1n) is 7.51. The van der Waals surface area contributed by atoms with E-state index in [1.807, 2.05) is 12.1 Å². The fourth-order valence-corrected chi connectivity index (χ4v) is 2.73. The lowest BCUT2D eigenvalue weighted by atomic mass is 10.0.